The van der Waals surface area contributed by atoms with Gasteiger partial charge in [-0.2, -0.15) is 0 Å². The van der Waals surface area contributed by atoms with Crippen LogP contribution in [0.3, 0.4) is 0 Å². The van der Waals surface area contributed by atoms with Gasteiger partial charge in [-0.05, 0) is 38.1 Å². The number of hydrogen-bond donors (Lipinski definition) is 0. The summed E-state index contributed by atoms with van der Waals surface area (Å²) in [6.45, 7) is 3.23. The Balaban J connectivity index is 2.20. The van der Waals surface area contributed by atoms with Gasteiger partial charge >= 0.3 is 6.97 Å². The lowest BCUT2D eigenvalue weighted by Crippen LogP contribution is -2.51. The first kappa shape index (κ1) is 15.0. The lowest BCUT2D eigenvalue weighted by Gasteiger charge is -2.33. The summed E-state index contributed by atoms with van der Waals surface area (Å²) in [5.74, 6) is 0. The Morgan fingerprint density at radius 2 is 1.88 bits per heavy atom. The summed E-state index contributed by atoms with van der Waals surface area (Å²) in [5, 5.41) is 0. The molecule has 122 valence electrons. The molecule has 0 aliphatic carbocycles. The predicted octanol–water partition coefficient (Wildman–Crippen LogP) is 3.32. The van der Waals surface area contributed by atoms with Crippen molar-refractivity contribution >= 4 is 18.3 Å². The Morgan fingerprint density at radius 3 is 2.54 bits per heavy atom. The number of aryl methyl sites for hydroxylation is 2. The highest BCUT2D eigenvalue weighted by Gasteiger charge is 2.55. The number of halogens is 2. The molecule has 0 atom stereocenters. The van der Waals surface area contributed by atoms with Gasteiger partial charge in [0.25, 0.3) is 0 Å². The molecule has 0 aromatic carbocycles. The molecule has 4 rings (SSSR count). The van der Waals surface area contributed by atoms with Crippen LogP contribution in [0.25, 0.3) is 5.57 Å². The first-order chi connectivity index (χ1) is 11.3. The van der Waals surface area contributed by atoms with Crippen molar-refractivity contribution in [3.05, 3.63) is 64.6 Å². The highest BCUT2D eigenvalue weighted by molar-refractivity contribution is 6.58. The third-order valence-electron chi connectivity index (χ3n) is 4.75. The van der Waals surface area contributed by atoms with Crippen LogP contribution in [-0.4, -0.2) is 31.6 Å². The van der Waals surface area contributed by atoms with Gasteiger partial charge in [0.05, 0.1) is 17.5 Å². The molecule has 0 radical (unpaired) electrons. The van der Waals surface area contributed by atoms with E-state index < -0.39 is 6.97 Å². The quantitative estimate of drug-likeness (QED) is 0.754. The maximum Gasteiger partial charge on any atom is 0.737 e. The molecule has 0 amide bonds. The molecule has 0 spiro atoms. The van der Waals surface area contributed by atoms with Gasteiger partial charge in [0.2, 0.25) is 0 Å². The number of rotatable bonds is 1. The van der Waals surface area contributed by atoms with Crippen molar-refractivity contribution < 1.29 is 13.1 Å². The smallest absolute Gasteiger partial charge is 0.393 e. The second-order valence-corrected chi connectivity index (χ2v) is 6.43. The number of aromatic nitrogens is 3. The third kappa shape index (κ3) is 1.75. The summed E-state index contributed by atoms with van der Waals surface area (Å²) >= 11 is 0. The van der Waals surface area contributed by atoms with Crippen LogP contribution < -0.4 is 0 Å². The molecule has 0 N–H and O–H groups in total. The van der Waals surface area contributed by atoms with Crippen LogP contribution >= 0.6 is 0 Å². The molecule has 7 heteroatoms. The largest absolute Gasteiger partial charge is 0.737 e. The van der Waals surface area contributed by atoms with Gasteiger partial charge in [0.15, 0.2) is 5.70 Å². The van der Waals surface area contributed by atoms with Gasteiger partial charge in [-0.25, -0.2) is 0 Å². The summed E-state index contributed by atoms with van der Waals surface area (Å²) in [6.07, 6.45) is 6.60. The van der Waals surface area contributed by atoms with E-state index in [4.69, 9.17) is 0 Å². The number of allylic oxidation sites excluding steroid dienone is 2. The predicted molar refractivity (Wildman–Crippen MR) is 90.0 cm³/mol. The Kier molecular flexibility index (Phi) is 2.95. The average Bonchev–Trinajstić information content (AvgIpc) is 2.98. The van der Waals surface area contributed by atoms with Gasteiger partial charge in [-0.3, -0.25) is 9.97 Å². The van der Waals surface area contributed by atoms with E-state index in [1.807, 2.05) is 13.8 Å². The molecule has 0 saturated carbocycles. The summed E-state index contributed by atoms with van der Waals surface area (Å²) in [5.41, 5.74) is 5.12. The highest BCUT2D eigenvalue weighted by Crippen LogP contribution is 2.43. The fourth-order valence-electron chi connectivity index (χ4n) is 3.97. The topological polar surface area (TPSA) is 33.7 Å². The van der Waals surface area contributed by atoms with Crippen LogP contribution in [0, 0.1) is 13.8 Å². The van der Waals surface area contributed by atoms with Crippen molar-refractivity contribution in [1.82, 2.24) is 14.4 Å². The van der Waals surface area contributed by atoms with Gasteiger partial charge < -0.3 is 17.6 Å². The second kappa shape index (κ2) is 4.72. The van der Waals surface area contributed by atoms with Crippen LogP contribution in [0.2, 0.25) is 0 Å². The van der Waals surface area contributed by atoms with Crippen LogP contribution in [0.4, 0.5) is 8.63 Å². The zero-order valence-corrected chi connectivity index (χ0v) is 14.0. The molecule has 2 aromatic rings. The van der Waals surface area contributed by atoms with E-state index in [2.05, 4.69) is 9.97 Å². The number of hydrogen-bond acceptors (Lipinski definition) is 2. The highest BCUT2D eigenvalue weighted by atomic mass is 19.2. The SMILES string of the molecule is CC1=CC(C)=[N+]2C1=C(c1cnccn1)c1c(C)cc(C)n1[B-]2(F)F. The van der Waals surface area contributed by atoms with Crippen LogP contribution in [0.15, 0.2) is 42.0 Å². The Bertz CT molecular complexity index is 968. The number of nitrogens with zero attached hydrogens (tertiary/aromatic N) is 4. The maximum atomic E-state index is 15.4. The van der Waals surface area contributed by atoms with E-state index in [1.54, 1.807) is 44.6 Å². The van der Waals surface area contributed by atoms with Crippen molar-refractivity contribution in [3.63, 3.8) is 0 Å². The van der Waals surface area contributed by atoms with E-state index in [0.717, 1.165) is 11.1 Å². The van der Waals surface area contributed by atoms with E-state index in [9.17, 15) is 0 Å². The second-order valence-electron chi connectivity index (χ2n) is 6.43. The first-order valence-electron chi connectivity index (χ1n) is 7.87. The molecule has 0 unspecified atom stereocenters. The molecular formula is C17H17BF2N4. The van der Waals surface area contributed by atoms with Crippen molar-refractivity contribution in [2.24, 2.45) is 0 Å². The minimum Gasteiger partial charge on any atom is -0.393 e. The van der Waals surface area contributed by atoms with E-state index in [1.165, 1.54) is 8.96 Å². The van der Waals surface area contributed by atoms with Crippen molar-refractivity contribution in [2.75, 3.05) is 0 Å². The van der Waals surface area contributed by atoms with Gasteiger partial charge in [0.1, 0.15) is 5.71 Å². The normalized spacial score (nSPS) is 18.7. The van der Waals surface area contributed by atoms with Crippen LogP contribution in [0.5, 0.6) is 0 Å². The molecule has 2 aromatic heterocycles. The molecular weight excluding hydrogens is 309 g/mol. The third-order valence-corrected chi connectivity index (χ3v) is 4.75. The van der Waals surface area contributed by atoms with Crippen LogP contribution in [-0.2, 0) is 0 Å². The van der Waals surface area contributed by atoms with Gasteiger partial charge in [-0.15, -0.1) is 0 Å². The lowest BCUT2D eigenvalue weighted by molar-refractivity contribution is -0.363. The van der Waals surface area contributed by atoms with Crippen LogP contribution in [0.1, 0.15) is 36.5 Å². The Hall–Kier alpha value is -2.57. The minimum absolute atomic E-state index is 0.534. The standard InChI is InChI=1S/C17H17BF2N4/c1-10-7-12(3)23-16(10)15(14-9-21-5-6-22-14)17-11(2)8-13(4)24(17)18(23,19)20/h5-9H,1-4H3. The average molecular weight is 326 g/mol. The van der Waals surface area contributed by atoms with E-state index in [-0.39, 0.29) is 0 Å². The first-order valence-corrected chi connectivity index (χ1v) is 7.87. The van der Waals surface area contributed by atoms with Crippen molar-refractivity contribution in [1.29, 1.82) is 0 Å². The zero-order valence-electron chi connectivity index (χ0n) is 14.0. The molecule has 0 saturated heterocycles. The molecule has 4 nitrogen and oxygen atoms in total. The Labute approximate surface area is 138 Å². The van der Waals surface area contributed by atoms with E-state index in [0.29, 0.717) is 34.1 Å². The van der Waals surface area contributed by atoms with Crippen molar-refractivity contribution in [2.45, 2.75) is 27.7 Å². The lowest BCUT2D eigenvalue weighted by atomic mass is 9.85. The number of fused-ring (bicyclic) bond motifs is 2. The maximum absolute atomic E-state index is 15.4. The molecule has 24 heavy (non-hydrogen) atoms. The molecule has 0 fully saturated rings. The Morgan fingerprint density at radius 1 is 1.12 bits per heavy atom. The van der Waals surface area contributed by atoms with E-state index >= 15 is 8.63 Å². The van der Waals surface area contributed by atoms with Gasteiger partial charge in [-0.1, -0.05) is 0 Å². The van der Waals surface area contributed by atoms with Gasteiger partial charge in [0, 0.05) is 36.7 Å². The van der Waals surface area contributed by atoms with Crippen molar-refractivity contribution in [3.8, 4) is 0 Å². The molecule has 2 aliphatic rings. The molecule has 4 heterocycles. The molecule has 2 aliphatic heterocycles. The molecule has 0 bridgehead atoms. The fourth-order valence-corrected chi connectivity index (χ4v) is 3.97. The monoisotopic (exact) mass is 326 g/mol. The zero-order chi connectivity index (χ0) is 17.2. The summed E-state index contributed by atoms with van der Waals surface area (Å²) < 4.78 is 33.1. The minimum atomic E-state index is -3.94. The fraction of sp³-hybridized carbons (Fsp3) is 0.235. The summed E-state index contributed by atoms with van der Waals surface area (Å²) in [6, 6.07) is 1.80. The summed E-state index contributed by atoms with van der Waals surface area (Å²) in [4.78, 5) is 8.52. The summed E-state index contributed by atoms with van der Waals surface area (Å²) in [7, 11) is 0.